The molecule has 1 fully saturated rings. The van der Waals surface area contributed by atoms with Crippen LogP contribution in [0.2, 0.25) is 0 Å². The number of methoxy groups -OCH3 is 6. The van der Waals surface area contributed by atoms with Gasteiger partial charge in [0.25, 0.3) is 0 Å². The van der Waals surface area contributed by atoms with Gasteiger partial charge in [0.15, 0.2) is 0 Å². The topological polar surface area (TPSA) is 55.4 Å². The van der Waals surface area contributed by atoms with E-state index in [1.165, 1.54) is 147 Å². The highest BCUT2D eigenvalue weighted by molar-refractivity contribution is 7.99. The summed E-state index contributed by atoms with van der Waals surface area (Å²) in [5.74, 6) is 5.57. The van der Waals surface area contributed by atoms with Crippen molar-refractivity contribution >= 4 is 155 Å². The van der Waals surface area contributed by atoms with Crippen LogP contribution < -0.4 is 124 Å². The van der Waals surface area contributed by atoms with Crippen LogP contribution in [0.5, 0.6) is 34.5 Å². The Bertz CT molecular complexity index is 6200. The van der Waals surface area contributed by atoms with E-state index in [0.29, 0.717) is 0 Å². The predicted octanol–water partition coefficient (Wildman–Crippen LogP) is 23.4. The molecule has 1 aliphatic rings. The molecule has 0 unspecified atom stereocenters. The standard InChI is InChI=1S/C44H42O2P2.C41H38O2P2.C38H32O2P2S/c1-45-40-28-26-34(32-42(40)47(36-18-8-3-9-19-36)37-20-10-4-11-21-37)44(30-16-7-17-31-44)35-27-29-41(46-2)43(33-35)48(38-22-12-5-13-23-38)39-24-14-6-15-25-39;1-41(2,31-25-27-37(42-3)39(29-31)44(33-17-9-5-10-18-33)34-19-11-6-12-20-34)32-26-28-38(43-4)40(30-32)45(35-21-13-7-14-22-35)36-23-15-8-16-24-36;1-39-35-25-23-33(27-37(35)41(29-15-7-3-8-16-29)30-17-9-4-10-18-30)43-34-24-26-36(40-2)38(28-34)42(31-19-11-5-12-20-31)32-21-13-6-14-22-32/h3-6,8-15,18-29,32-33H,7,16-17,30-31H2,1-2H3;5-30H,1-4H3;3-28H,1-2H3. The van der Waals surface area contributed by atoms with Gasteiger partial charge in [-0.15, -0.1) is 0 Å². The highest BCUT2D eigenvalue weighted by Crippen LogP contribution is 2.51. The summed E-state index contributed by atoms with van der Waals surface area (Å²) in [5, 5.41) is 23.1. The molecule has 0 heterocycles. The quantitative estimate of drug-likeness (QED) is 0.0416. The third-order valence-electron chi connectivity index (χ3n) is 25.1. The highest BCUT2D eigenvalue weighted by Gasteiger charge is 2.39. The van der Waals surface area contributed by atoms with Crippen molar-refractivity contribution in [1.82, 2.24) is 0 Å². The summed E-state index contributed by atoms with van der Waals surface area (Å²) in [5.41, 5.74) is 4.87. The van der Waals surface area contributed by atoms with E-state index in [1.54, 1.807) is 40.2 Å². The van der Waals surface area contributed by atoms with E-state index in [-0.39, 0.29) is 10.8 Å². The molecule has 676 valence electrons. The normalized spacial score (nSPS) is 12.3. The molecule has 13 heteroatoms. The SMILES string of the molecule is COc1ccc(C(C)(C)c2ccc(OC)c(P(c3ccccc3)c3ccccc3)c2)cc1P(c1ccccc1)c1ccccc1.COc1ccc(C2(c3ccc(OC)c(P(c4ccccc4)c4ccccc4)c3)CCCCC2)cc1P(c1ccccc1)c1ccccc1.COc1ccc(Sc2ccc(OC)c(P(c3ccccc3)c3ccccc3)c2)cc1P(c1ccccc1)c1ccccc1. The van der Waals surface area contributed by atoms with Crippen molar-refractivity contribution in [2.45, 2.75) is 66.6 Å². The van der Waals surface area contributed by atoms with Crippen LogP contribution in [0.25, 0.3) is 0 Å². The van der Waals surface area contributed by atoms with Crippen molar-refractivity contribution in [2.24, 2.45) is 0 Å². The number of hydrogen-bond donors (Lipinski definition) is 0. The van der Waals surface area contributed by atoms with Crippen LogP contribution in [0.3, 0.4) is 0 Å². The van der Waals surface area contributed by atoms with Gasteiger partial charge in [-0.25, -0.2) is 0 Å². The molecule has 0 N–H and O–H groups in total. The lowest BCUT2D eigenvalue weighted by molar-refractivity contribution is 0.345. The third kappa shape index (κ3) is 22.0. The third-order valence-corrected chi connectivity index (χ3v) is 40.9. The van der Waals surface area contributed by atoms with Crippen molar-refractivity contribution < 1.29 is 28.4 Å². The average molecular weight is 1900 g/mol. The lowest BCUT2D eigenvalue weighted by Gasteiger charge is -2.40. The van der Waals surface area contributed by atoms with Gasteiger partial charge in [-0.1, -0.05) is 433 Å². The van der Waals surface area contributed by atoms with Crippen molar-refractivity contribution in [2.75, 3.05) is 42.7 Å². The van der Waals surface area contributed by atoms with E-state index < -0.39 is 47.5 Å². The Hall–Kier alpha value is -12.3. The molecule has 0 bridgehead atoms. The van der Waals surface area contributed by atoms with Gasteiger partial charge in [0.05, 0.1) is 42.7 Å². The van der Waals surface area contributed by atoms with E-state index >= 15 is 0 Å². The Balaban J connectivity index is 0.000000142. The lowest BCUT2D eigenvalue weighted by atomic mass is 9.65. The van der Waals surface area contributed by atoms with Gasteiger partial charge in [-0.05, 0) is 231 Å². The van der Waals surface area contributed by atoms with Gasteiger partial charge in [-0.2, -0.15) is 0 Å². The summed E-state index contributed by atoms with van der Waals surface area (Å²) >= 11 is 1.78. The van der Waals surface area contributed by atoms with E-state index in [9.17, 15) is 0 Å². The fourth-order valence-electron chi connectivity index (χ4n) is 18.3. The molecule has 1 saturated carbocycles. The van der Waals surface area contributed by atoms with Gasteiger partial charge in [-0.3, -0.25) is 0 Å². The zero-order valence-electron chi connectivity index (χ0n) is 78.1. The maximum atomic E-state index is 6.13. The lowest BCUT2D eigenvalue weighted by Crippen LogP contribution is -2.33. The first kappa shape index (κ1) is 95.4. The van der Waals surface area contributed by atoms with Crippen molar-refractivity contribution in [3.05, 3.63) is 495 Å². The fourth-order valence-corrected chi connectivity index (χ4v) is 34.1. The molecule has 0 aromatic heterocycles. The largest absolute Gasteiger partial charge is 0.496 e. The summed E-state index contributed by atoms with van der Waals surface area (Å²) < 4.78 is 36.2. The number of benzene rings is 18. The second-order valence-corrected chi connectivity index (χ2v) is 47.9. The smallest absolute Gasteiger partial charge is 0.127 e. The molecule has 6 nitrogen and oxygen atoms in total. The van der Waals surface area contributed by atoms with E-state index in [2.05, 4.69) is 487 Å². The molecule has 1 aliphatic carbocycles. The van der Waals surface area contributed by atoms with Crippen LogP contribution in [-0.2, 0) is 10.8 Å². The average Bonchev–Trinajstić information content (AvgIpc) is 0.744. The number of hydrogen-bond acceptors (Lipinski definition) is 7. The minimum atomic E-state index is -0.832. The van der Waals surface area contributed by atoms with Gasteiger partial charge >= 0.3 is 0 Å². The molecule has 0 amide bonds. The maximum Gasteiger partial charge on any atom is 0.127 e. The summed E-state index contributed by atoms with van der Waals surface area (Å²) in [6, 6.07) is 171. The molecule has 0 aliphatic heterocycles. The van der Waals surface area contributed by atoms with Crippen LogP contribution in [-0.4, -0.2) is 42.7 Å². The molecule has 0 spiro atoms. The van der Waals surface area contributed by atoms with E-state index in [1.807, 2.05) is 14.2 Å². The maximum absolute atomic E-state index is 6.13. The Morgan fingerprint density at radius 1 is 0.199 bits per heavy atom. The van der Waals surface area contributed by atoms with Crippen molar-refractivity contribution in [1.29, 1.82) is 0 Å². The zero-order chi connectivity index (χ0) is 93.4. The molecule has 0 saturated heterocycles. The Labute approximate surface area is 816 Å². The van der Waals surface area contributed by atoms with Crippen LogP contribution >= 0.6 is 59.3 Å². The first-order valence-electron chi connectivity index (χ1n) is 46.2. The molecule has 136 heavy (non-hydrogen) atoms. The highest BCUT2D eigenvalue weighted by atomic mass is 32.2. The van der Waals surface area contributed by atoms with Gasteiger partial charge < -0.3 is 28.4 Å². The predicted molar refractivity (Wildman–Crippen MR) is 590 cm³/mol. The second-order valence-electron chi connectivity index (χ2n) is 33.6. The molecule has 19 rings (SSSR count). The summed E-state index contributed by atoms with van der Waals surface area (Å²) in [7, 11) is 5.77. The van der Waals surface area contributed by atoms with Crippen LogP contribution in [0, 0.1) is 0 Å². The Kier molecular flexibility index (Phi) is 32.6. The van der Waals surface area contributed by atoms with Crippen LogP contribution in [0.4, 0.5) is 0 Å². The minimum Gasteiger partial charge on any atom is -0.496 e. The molecule has 0 atom stereocenters. The van der Waals surface area contributed by atoms with Crippen molar-refractivity contribution in [3.63, 3.8) is 0 Å². The van der Waals surface area contributed by atoms with Crippen LogP contribution in [0.1, 0.15) is 68.2 Å². The van der Waals surface area contributed by atoms with Gasteiger partial charge in [0.2, 0.25) is 0 Å². The molecule has 0 radical (unpaired) electrons. The summed E-state index contributed by atoms with van der Waals surface area (Å²) in [6.45, 7) is 4.65. The fraction of sp³-hybridized carbons (Fsp3) is 0.122. The van der Waals surface area contributed by atoms with Crippen LogP contribution in [0.15, 0.2) is 483 Å². The van der Waals surface area contributed by atoms with Gasteiger partial charge in [0.1, 0.15) is 34.5 Å². The first-order chi connectivity index (χ1) is 67.0. The number of rotatable bonds is 30. The monoisotopic (exact) mass is 1900 g/mol. The minimum absolute atomic E-state index is 0.108. The van der Waals surface area contributed by atoms with E-state index in [0.717, 1.165) is 47.3 Å². The molecule has 18 aromatic rings. The molecular formula is C123H112O6P6S. The van der Waals surface area contributed by atoms with Crippen molar-refractivity contribution in [3.8, 4) is 34.5 Å². The first-order valence-corrected chi connectivity index (χ1v) is 55.0. The zero-order valence-corrected chi connectivity index (χ0v) is 84.3. The molecule has 18 aromatic carbocycles. The number of ether oxygens (including phenoxy) is 6. The molecular weight excluding hydrogens is 1790 g/mol. The Morgan fingerprint density at radius 2 is 0.375 bits per heavy atom. The summed E-state index contributed by atoms with van der Waals surface area (Å²) in [4.78, 5) is 2.35. The van der Waals surface area contributed by atoms with E-state index in [4.69, 9.17) is 28.4 Å². The summed E-state index contributed by atoms with van der Waals surface area (Å²) in [6.07, 6.45) is 5.93. The Morgan fingerprint density at radius 3 is 0.574 bits per heavy atom. The second kappa shape index (κ2) is 46.5. The van der Waals surface area contributed by atoms with Gasteiger partial charge in [0, 0.05) is 52.4 Å².